The summed E-state index contributed by atoms with van der Waals surface area (Å²) in [5.41, 5.74) is 0.409. The van der Waals surface area contributed by atoms with E-state index in [1.165, 1.54) is 10.4 Å². The van der Waals surface area contributed by atoms with E-state index in [-0.39, 0.29) is 23.2 Å². The Morgan fingerprint density at radius 1 is 1.08 bits per heavy atom. The molecule has 0 N–H and O–H groups in total. The van der Waals surface area contributed by atoms with Crippen LogP contribution >= 0.6 is 50.5 Å². The van der Waals surface area contributed by atoms with Crippen molar-refractivity contribution in [1.82, 2.24) is 9.21 Å². The van der Waals surface area contributed by atoms with Crippen molar-refractivity contribution in [2.45, 2.75) is 4.21 Å². The van der Waals surface area contributed by atoms with Crippen molar-refractivity contribution in [1.29, 1.82) is 0 Å². The zero-order valence-corrected chi connectivity index (χ0v) is 17.5. The molecular formula is C15H13BrCl2N2O3S2. The summed E-state index contributed by atoms with van der Waals surface area (Å²) in [6.07, 6.45) is 0. The number of carbonyl (C=O) groups excluding carboxylic acids is 1. The summed E-state index contributed by atoms with van der Waals surface area (Å²) >= 11 is 16.3. The Bertz CT molecular complexity index is 909. The minimum Gasteiger partial charge on any atom is -0.336 e. The number of thiophene rings is 1. The van der Waals surface area contributed by atoms with Gasteiger partial charge < -0.3 is 4.90 Å². The third-order valence-electron chi connectivity index (χ3n) is 3.83. The first kappa shape index (κ1) is 19.1. The largest absolute Gasteiger partial charge is 0.336 e. The number of rotatable bonds is 3. The number of sulfonamides is 1. The van der Waals surface area contributed by atoms with Crippen LogP contribution in [0.15, 0.2) is 39.0 Å². The standard InChI is InChI=1S/C15H13BrCl2N2O3S2/c16-10-1-2-11(12(17)9-10)15(21)19-5-7-20(8-6-19)25(22,23)14-4-3-13(18)24-14/h1-4,9H,5-8H2. The second-order valence-electron chi connectivity index (χ2n) is 5.38. The fourth-order valence-corrected chi connectivity index (χ4v) is 6.34. The second-order valence-corrected chi connectivity index (χ2v) is 10.6. The fraction of sp³-hybridized carbons (Fsp3) is 0.267. The Morgan fingerprint density at radius 2 is 1.76 bits per heavy atom. The smallest absolute Gasteiger partial charge is 0.255 e. The predicted molar refractivity (Wildman–Crippen MR) is 103 cm³/mol. The highest BCUT2D eigenvalue weighted by Crippen LogP contribution is 2.29. The number of carbonyl (C=O) groups is 1. The van der Waals surface area contributed by atoms with Gasteiger partial charge in [-0.2, -0.15) is 4.31 Å². The van der Waals surface area contributed by atoms with E-state index < -0.39 is 10.0 Å². The van der Waals surface area contributed by atoms with Crippen LogP contribution in [0.1, 0.15) is 10.4 Å². The van der Waals surface area contributed by atoms with Gasteiger partial charge in [-0.3, -0.25) is 4.79 Å². The van der Waals surface area contributed by atoms with Crippen molar-refractivity contribution in [2.75, 3.05) is 26.2 Å². The highest BCUT2D eigenvalue weighted by Gasteiger charge is 2.31. The lowest BCUT2D eigenvalue weighted by molar-refractivity contribution is 0.0698. The number of halogens is 3. The summed E-state index contributed by atoms with van der Waals surface area (Å²) in [6, 6.07) is 8.14. The first-order valence-electron chi connectivity index (χ1n) is 7.29. The van der Waals surface area contributed by atoms with Gasteiger partial charge in [-0.15, -0.1) is 11.3 Å². The molecule has 0 radical (unpaired) electrons. The maximum absolute atomic E-state index is 12.6. The van der Waals surface area contributed by atoms with Crippen LogP contribution in [-0.4, -0.2) is 49.7 Å². The van der Waals surface area contributed by atoms with Crippen LogP contribution < -0.4 is 0 Å². The van der Waals surface area contributed by atoms with Crippen molar-refractivity contribution in [2.24, 2.45) is 0 Å². The minimum absolute atomic E-state index is 0.200. The Hall–Kier alpha value is -0.640. The lowest BCUT2D eigenvalue weighted by Crippen LogP contribution is -2.50. The molecule has 0 bridgehead atoms. The normalized spacial score (nSPS) is 16.2. The van der Waals surface area contributed by atoms with Gasteiger partial charge in [-0.1, -0.05) is 39.1 Å². The van der Waals surface area contributed by atoms with Gasteiger partial charge in [-0.25, -0.2) is 8.42 Å². The van der Waals surface area contributed by atoms with Crippen molar-refractivity contribution < 1.29 is 13.2 Å². The van der Waals surface area contributed by atoms with Crippen LogP contribution in [0.4, 0.5) is 0 Å². The quantitative estimate of drug-likeness (QED) is 0.663. The molecule has 1 aromatic carbocycles. The highest BCUT2D eigenvalue weighted by atomic mass is 79.9. The summed E-state index contributed by atoms with van der Waals surface area (Å²) in [5, 5.41) is 0.364. The number of piperazine rings is 1. The molecule has 3 rings (SSSR count). The van der Waals surface area contributed by atoms with Crippen LogP contribution in [-0.2, 0) is 10.0 Å². The molecule has 2 aromatic rings. The average Bonchev–Trinajstić information content (AvgIpc) is 3.02. The van der Waals surface area contributed by atoms with Gasteiger partial charge in [-0.05, 0) is 30.3 Å². The van der Waals surface area contributed by atoms with Crippen LogP contribution in [0.25, 0.3) is 0 Å². The first-order valence-corrected chi connectivity index (χ1v) is 11.1. The van der Waals surface area contributed by atoms with Gasteiger partial charge >= 0.3 is 0 Å². The number of hydrogen-bond acceptors (Lipinski definition) is 4. The Kier molecular flexibility index (Phi) is 5.77. The second kappa shape index (κ2) is 7.54. The van der Waals surface area contributed by atoms with Crippen LogP contribution in [0.5, 0.6) is 0 Å². The third kappa shape index (κ3) is 4.04. The maximum atomic E-state index is 12.6. The van der Waals surface area contributed by atoms with Gasteiger partial charge in [0.15, 0.2) is 0 Å². The number of hydrogen-bond donors (Lipinski definition) is 0. The number of benzene rings is 1. The maximum Gasteiger partial charge on any atom is 0.255 e. The van der Waals surface area contributed by atoms with E-state index in [2.05, 4.69) is 15.9 Å². The Balaban J connectivity index is 1.70. The van der Waals surface area contributed by atoms with E-state index in [0.29, 0.717) is 28.0 Å². The van der Waals surface area contributed by atoms with Crippen LogP contribution in [0, 0.1) is 0 Å². The predicted octanol–water partition coefficient (Wildman–Crippen LogP) is 3.96. The van der Waals surface area contributed by atoms with Crippen molar-refractivity contribution in [3.63, 3.8) is 0 Å². The number of amides is 1. The molecule has 0 unspecified atom stereocenters. The van der Waals surface area contributed by atoms with Gasteiger partial charge in [0, 0.05) is 30.7 Å². The van der Waals surface area contributed by atoms with E-state index in [1.54, 1.807) is 29.2 Å². The Labute approximate surface area is 168 Å². The van der Waals surface area contributed by atoms with Crippen molar-refractivity contribution in [3.8, 4) is 0 Å². The molecule has 0 aliphatic carbocycles. The van der Waals surface area contributed by atoms with Gasteiger partial charge in [0.1, 0.15) is 4.21 Å². The zero-order valence-electron chi connectivity index (χ0n) is 12.8. The third-order valence-corrected chi connectivity index (χ3v) is 8.23. The fourth-order valence-electron chi connectivity index (χ4n) is 2.53. The van der Waals surface area contributed by atoms with Gasteiger partial charge in [0.05, 0.1) is 14.9 Å². The van der Waals surface area contributed by atoms with Crippen molar-refractivity contribution >= 4 is 66.4 Å². The lowest BCUT2D eigenvalue weighted by Gasteiger charge is -2.33. The van der Waals surface area contributed by atoms with Gasteiger partial charge in [0.25, 0.3) is 15.9 Å². The van der Waals surface area contributed by atoms with Gasteiger partial charge in [0.2, 0.25) is 0 Å². The molecule has 2 heterocycles. The summed E-state index contributed by atoms with van der Waals surface area (Å²) in [4.78, 5) is 14.2. The van der Waals surface area contributed by atoms with Crippen LogP contribution in [0.2, 0.25) is 9.36 Å². The van der Waals surface area contributed by atoms with E-state index in [0.717, 1.165) is 15.8 Å². The summed E-state index contributed by atoms with van der Waals surface area (Å²) in [6.45, 7) is 1.09. The molecule has 5 nitrogen and oxygen atoms in total. The van der Waals surface area contributed by atoms with E-state index in [4.69, 9.17) is 23.2 Å². The molecule has 1 saturated heterocycles. The molecule has 1 fully saturated rings. The molecule has 10 heteroatoms. The van der Waals surface area contributed by atoms with Crippen LogP contribution in [0.3, 0.4) is 0 Å². The average molecular weight is 484 g/mol. The summed E-state index contributed by atoms with van der Waals surface area (Å²) in [7, 11) is -3.57. The van der Waals surface area contributed by atoms with Crippen molar-refractivity contribution in [3.05, 3.63) is 49.7 Å². The zero-order chi connectivity index (χ0) is 18.2. The Morgan fingerprint density at radius 3 is 2.32 bits per heavy atom. The molecule has 1 aliphatic rings. The lowest BCUT2D eigenvalue weighted by atomic mass is 10.2. The molecule has 0 saturated carbocycles. The minimum atomic E-state index is -3.57. The molecule has 1 aromatic heterocycles. The van der Waals surface area contributed by atoms with E-state index in [9.17, 15) is 13.2 Å². The molecule has 25 heavy (non-hydrogen) atoms. The molecule has 1 aliphatic heterocycles. The summed E-state index contributed by atoms with van der Waals surface area (Å²) < 4.78 is 28.0. The molecule has 0 atom stereocenters. The SMILES string of the molecule is O=C(c1ccc(Br)cc1Cl)N1CCN(S(=O)(=O)c2ccc(Cl)s2)CC1. The monoisotopic (exact) mass is 482 g/mol. The molecule has 1 amide bonds. The first-order chi connectivity index (χ1) is 11.8. The highest BCUT2D eigenvalue weighted by molar-refractivity contribution is 9.10. The van der Waals surface area contributed by atoms with E-state index >= 15 is 0 Å². The van der Waals surface area contributed by atoms with E-state index in [1.807, 2.05) is 0 Å². The molecule has 0 spiro atoms. The molecule has 134 valence electrons. The topological polar surface area (TPSA) is 57.7 Å². The summed E-state index contributed by atoms with van der Waals surface area (Å²) in [5.74, 6) is -0.200. The number of nitrogens with zero attached hydrogens (tertiary/aromatic N) is 2. The molecular weight excluding hydrogens is 471 g/mol.